The van der Waals surface area contributed by atoms with Crippen molar-refractivity contribution in [2.24, 2.45) is 5.73 Å². The monoisotopic (exact) mass is 788 g/mol. The Morgan fingerprint density at radius 2 is 1.18 bits per heavy atom. The molecule has 320 valence electrons. The minimum atomic E-state index is -1.54. The van der Waals surface area contributed by atoms with Gasteiger partial charge in [0, 0.05) is 19.4 Å². The third-order valence-corrected chi connectivity index (χ3v) is 9.47. The van der Waals surface area contributed by atoms with E-state index in [1.165, 1.54) is 5.57 Å². The molecule has 56 heavy (non-hydrogen) atoms. The zero-order chi connectivity index (χ0) is 41.1. The predicted octanol–water partition coefficient (Wildman–Crippen LogP) is 8.79. The van der Waals surface area contributed by atoms with E-state index in [0.717, 1.165) is 103 Å². The van der Waals surface area contributed by atoms with Crippen LogP contribution >= 0.6 is 0 Å². The van der Waals surface area contributed by atoms with Gasteiger partial charge in [-0.2, -0.15) is 0 Å². The molecule has 0 amide bonds. The Morgan fingerprint density at radius 3 is 1.80 bits per heavy atom. The van der Waals surface area contributed by atoms with E-state index in [1.54, 1.807) is 0 Å². The molecule has 1 fully saturated rings. The molecule has 1 aliphatic rings. The summed E-state index contributed by atoms with van der Waals surface area (Å²) in [5, 5.41) is 30.7. The summed E-state index contributed by atoms with van der Waals surface area (Å²) < 4.78 is 22.3. The van der Waals surface area contributed by atoms with Crippen molar-refractivity contribution in [2.45, 2.75) is 186 Å². The van der Waals surface area contributed by atoms with Gasteiger partial charge in [-0.05, 0) is 84.0 Å². The summed E-state index contributed by atoms with van der Waals surface area (Å²) in [5.74, 6) is -0.818. The molecule has 5 N–H and O–H groups in total. The van der Waals surface area contributed by atoms with Crippen molar-refractivity contribution in [1.82, 2.24) is 0 Å². The summed E-state index contributed by atoms with van der Waals surface area (Å²) >= 11 is 0. The van der Waals surface area contributed by atoms with E-state index in [1.807, 2.05) is 0 Å². The van der Waals surface area contributed by atoms with Crippen molar-refractivity contribution >= 4 is 11.9 Å². The second kappa shape index (κ2) is 35.3. The summed E-state index contributed by atoms with van der Waals surface area (Å²) in [5.41, 5.74) is 7.02. The highest BCUT2D eigenvalue weighted by Crippen LogP contribution is 2.22. The Bertz CT molecular complexity index is 1180. The molecule has 0 aromatic rings. The number of unbranched alkanes of at least 4 members (excludes halogenated alkanes) is 10. The summed E-state index contributed by atoms with van der Waals surface area (Å²) in [4.78, 5) is 25.3. The molecule has 0 spiro atoms. The van der Waals surface area contributed by atoms with Crippen LogP contribution in [0, 0.1) is 0 Å². The fraction of sp³-hybridized carbons (Fsp3) is 0.696. The van der Waals surface area contributed by atoms with Crippen molar-refractivity contribution in [3.8, 4) is 0 Å². The van der Waals surface area contributed by atoms with Crippen LogP contribution in [0.4, 0.5) is 0 Å². The number of carbonyl (C=O) groups is 2. The molecule has 1 rings (SSSR count). The number of nitrogens with two attached hydrogens (primary N) is 1. The van der Waals surface area contributed by atoms with Crippen LogP contribution in [0.1, 0.15) is 149 Å². The lowest BCUT2D eigenvalue weighted by Crippen LogP contribution is -2.60. The van der Waals surface area contributed by atoms with Crippen LogP contribution in [-0.4, -0.2) is 83.8 Å². The van der Waals surface area contributed by atoms with Gasteiger partial charge in [0.2, 0.25) is 0 Å². The van der Waals surface area contributed by atoms with E-state index >= 15 is 0 Å². The first-order valence-corrected chi connectivity index (χ1v) is 21.5. The van der Waals surface area contributed by atoms with Gasteiger partial charge in [-0.15, -0.1) is 0 Å². The van der Waals surface area contributed by atoms with Crippen molar-refractivity contribution < 1.29 is 43.9 Å². The fourth-order valence-electron chi connectivity index (χ4n) is 6.02. The van der Waals surface area contributed by atoms with Gasteiger partial charge < -0.3 is 40.0 Å². The average Bonchev–Trinajstić information content (AvgIpc) is 3.19. The lowest BCUT2D eigenvalue weighted by atomic mass is 9.99. The number of aliphatic hydroxyl groups is 3. The van der Waals surface area contributed by atoms with Crippen LogP contribution in [0.25, 0.3) is 0 Å². The highest BCUT2D eigenvalue weighted by atomic mass is 16.7. The molecule has 0 aromatic heterocycles. The predicted molar refractivity (Wildman–Crippen MR) is 226 cm³/mol. The zero-order valence-corrected chi connectivity index (χ0v) is 34.9. The lowest BCUT2D eigenvalue weighted by molar-refractivity contribution is -0.299. The van der Waals surface area contributed by atoms with Crippen LogP contribution in [0.5, 0.6) is 0 Å². The van der Waals surface area contributed by atoms with Gasteiger partial charge in [-0.3, -0.25) is 9.59 Å². The highest BCUT2D eigenvalue weighted by Gasteiger charge is 2.44. The molecule has 1 saturated heterocycles. The normalized spacial score (nSPS) is 21.3. The number of aliphatic hydroxyl groups excluding tert-OH is 3. The molecular weight excluding hydrogens is 711 g/mol. The van der Waals surface area contributed by atoms with Crippen LogP contribution in [0.15, 0.2) is 72.4 Å². The third-order valence-electron chi connectivity index (χ3n) is 9.47. The highest BCUT2D eigenvalue weighted by molar-refractivity contribution is 5.70. The van der Waals surface area contributed by atoms with E-state index in [2.05, 4.69) is 87.6 Å². The molecule has 0 bridgehead atoms. The Balaban J connectivity index is 2.41. The van der Waals surface area contributed by atoms with Gasteiger partial charge in [0.1, 0.15) is 31.0 Å². The smallest absolute Gasteiger partial charge is 0.306 e. The standard InChI is InChI=1S/C46H77NO9/c1-4-6-8-10-11-12-13-14-15-16-17-18-22-25-29-33-41(48)53-36-39(37-54-46-45(52)44(51)43(50)40(35-47)56-46)55-42(49)34-30-26-23-20-19-21-24-28-32-38(3)31-27-9-7-5-2/h6-9,11-12,14-15,24,28,31,39-40,43-46,50-52H,4-5,10,13,16-23,25-27,29-30,32-37,47H2,1-3H3. The van der Waals surface area contributed by atoms with Crippen LogP contribution in [-0.2, 0) is 28.5 Å². The number of esters is 2. The minimum Gasteiger partial charge on any atom is -0.462 e. The van der Waals surface area contributed by atoms with Gasteiger partial charge in [0.25, 0.3) is 0 Å². The number of allylic oxidation sites excluding steroid dienone is 12. The van der Waals surface area contributed by atoms with E-state index in [4.69, 9.17) is 24.7 Å². The molecular formula is C46H77NO9. The van der Waals surface area contributed by atoms with Gasteiger partial charge in [0.05, 0.1) is 6.61 Å². The van der Waals surface area contributed by atoms with Gasteiger partial charge in [-0.25, -0.2) is 0 Å². The fourth-order valence-corrected chi connectivity index (χ4v) is 6.02. The molecule has 10 heteroatoms. The Kier molecular flexibility index (Phi) is 32.3. The quantitative estimate of drug-likeness (QED) is 0.0288. The Morgan fingerprint density at radius 1 is 0.643 bits per heavy atom. The van der Waals surface area contributed by atoms with E-state index in [-0.39, 0.29) is 38.6 Å². The Labute approximate surface area is 339 Å². The first-order valence-electron chi connectivity index (χ1n) is 21.5. The first kappa shape index (κ1) is 51.2. The minimum absolute atomic E-state index is 0.0985. The number of rotatable bonds is 33. The first-order chi connectivity index (χ1) is 27.2. The molecule has 1 heterocycles. The number of carbonyl (C=O) groups excluding carboxylic acids is 2. The summed E-state index contributed by atoms with van der Waals surface area (Å²) in [7, 11) is 0. The zero-order valence-electron chi connectivity index (χ0n) is 34.9. The second-order valence-electron chi connectivity index (χ2n) is 14.6. The summed E-state index contributed by atoms with van der Waals surface area (Å²) in [6, 6.07) is 0. The molecule has 0 saturated carbocycles. The van der Waals surface area contributed by atoms with Crippen LogP contribution in [0.3, 0.4) is 0 Å². The summed E-state index contributed by atoms with van der Waals surface area (Å²) in [6.07, 6.45) is 35.0. The van der Waals surface area contributed by atoms with Crippen molar-refractivity contribution in [3.63, 3.8) is 0 Å². The number of hydrogen-bond acceptors (Lipinski definition) is 10. The lowest BCUT2D eigenvalue weighted by Gasteiger charge is -2.40. The maximum absolute atomic E-state index is 12.8. The van der Waals surface area contributed by atoms with Crippen molar-refractivity contribution in [1.29, 1.82) is 0 Å². The van der Waals surface area contributed by atoms with E-state index < -0.39 is 42.8 Å². The topological polar surface area (TPSA) is 158 Å². The van der Waals surface area contributed by atoms with Gasteiger partial charge in [-0.1, -0.05) is 125 Å². The molecule has 1 aliphatic heterocycles. The second-order valence-corrected chi connectivity index (χ2v) is 14.6. The van der Waals surface area contributed by atoms with E-state index in [0.29, 0.717) is 12.8 Å². The van der Waals surface area contributed by atoms with Crippen molar-refractivity contribution in [3.05, 3.63) is 72.4 Å². The van der Waals surface area contributed by atoms with Crippen LogP contribution < -0.4 is 5.73 Å². The average molecular weight is 788 g/mol. The van der Waals surface area contributed by atoms with Gasteiger partial charge in [0.15, 0.2) is 12.4 Å². The number of ether oxygens (including phenoxy) is 4. The maximum Gasteiger partial charge on any atom is 0.306 e. The third kappa shape index (κ3) is 26.9. The summed E-state index contributed by atoms with van der Waals surface area (Å²) in [6.45, 7) is 5.88. The van der Waals surface area contributed by atoms with Crippen LogP contribution in [0.2, 0.25) is 0 Å². The van der Waals surface area contributed by atoms with Gasteiger partial charge >= 0.3 is 11.9 Å². The maximum atomic E-state index is 12.8. The molecule has 6 atom stereocenters. The van der Waals surface area contributed by atoms with E-state index in [9.17, 15) is 24.9 Å². The number of hydrogen-bond donors (Lipinski definition) is 4. The molecule has 0 aliphatic carbocycles. The molecule has 6 unspecified atom stereocenters. The molecule has 10 nitrogen and oxygen atoms in total. The SMILES string of the molecule is CCC=CCC=CCC=CCCCCCCCC(=O)OCC(COC1OC(CN)C(O)C(O)C1O)OC(=O)CCCCCCCC=CCC(C)=CCC=CCC. The largest absolute Gasteiger partial charge is 0.462 e. The Hall–Kier alpha value is -2.86. The molecule has 0 radical (unpaired) electrons. The van der Waals surface area contributed by atoms with Crippen molar-refractivity contribution in [2.75, 3.05) is 19.8 Å². The molecule has 0 aromatic carbocycles.